The third-order valence-corrected chi connectivity index (χ3v) is 7.44. The minimum Gasteiger partial charge on any atom is -0.481 e. The number of carboxylic acid groups (broad SMARTS) is 1. The maximum absolute atomic E-state index is 13.3. The van der Waals surface area contributed by atoms with Crippen molar-refractivity contribution in [1.29, 1.82) is 0 Å². The number of nitrogens with zero attached hydrogens (tertiary/aromatic N) is 2. The van der Waals surface area contributed by atoms with Crippen molar-refractivity contribution in [3.05, 3.63) is 59.7 Å². The maximum atomic E-state index is 13.3. The van der Waals surface area contributed by atoms with Crippen molar-refractivity contribution in [1.82, 2.24) is 15.1 Å². The number of hydrogen-bond donors (Lipinski definition) is 4. The quantitative estimate of drug-likeness (QED) is 0.355. The number of amides is 5. The molecule has 4 rings (SSSR count). The molecule has 2 aliphatic rings. The summed E-state index contributed by atoms with van der Waals surface area (Å²) < 4.78 is 5.54. The van der Waals surface area contributed by atoms with Crippen LogP contribution in [0.15, 0.2) is 48.5 Å². The fourth-order valence-corrected chi connectivity index (χ4v) is 5.13. The highest BCUT2D eigenvalue weighted by Gasteiger charge is 2.36. The van der Waals surface area contributed by atoms with E-state index in [0.29, 0.717) is 57.0 Å². The first-order valence-corrected chi connectivity index (χ1v) is 14.1. The van der Waals surface area contributed by atoms with Crippen molar-refractivity contribution in [2.45, 2.75) is 45.2 Å². The van der Waals surface area contributed by atoms with Crippen molar-refractivity contribution >= 4 is 41.1 Å². The summed E-state index contributed by atoms with van der Waals surface area (Å²) >= 11 is 0. The second-order valence-corrected chi connectivity index (χ2v) is 10.6. The van der Waals surface area contributed by atoms with Crippen LogP contribution in [-0.2, 0) is 36.9 Å². The smallest absolute Gasteiger partial charge is 0.323 e. The molecule has 0 spiro atoms. The van der Waals surface area contributed by atoms with Gasteiger partial charge in [0.15, 0.2) is 0 Å². The Labute approximate surface area is 244 Å². The first-order valence-electron chi connectivity index (χ1n) is 14.1. The zero-order valence-corrected chi connectivity index (χ0v) is 23.6. The van der Waals surface area contributed by atoms with Gasteiger partial charge in [-0.05, 0) is 54.2 Å². The van der Waals surface area contributed by atoms with E-state index in [9.17, 15) is 24.0 Å². The van der Waals surface area contributed by atoms with Gasteiger partial charge >= 0.3 is 12.0 Å². The molecule has 0 aromatic heterocycles. The van der Waals surface area contributed by atoms with Crippen LogP contribution in [0.4, 0.5) is 16.2 Å². The fourth-order valence-electron chi connectivity index (χ4n) is 5.13. The molecule has 12 heteroatoms. The fraction of sp³-hybridized carbons (Fsp3) is 0.433. The summed E-state index contributed by atoms with van der Waals surface area (Å²) in [5, 5.41) is 17.3. The summed E-state index contributed by atoms with van der Waals surface area (Å²) in [5.41, 5.74) is 2.80. The van der Waals surface area contributed by atoms with Gasteiger partial charge in [0.05, 0.1) is 19.6 Å². The van der Waals surface area contributed by atoms with E-state index in [1.807, 2.05) is 12.1 Å². The number of carboxylic acids is 1. The lowest BCUT2D eigenvalue weighted by Crippen LogP contribution is -2.58. The van der Waals surface area contributed by atoms with Gasteiger partial charge < -0.3 is 35.6 Å². The molecule has 0 bridgehead atoms. The highest BCUT2D eigenvalue weighted by molar-refractivity contribution is 5.99. The molecule has 0 radical (unpaired) electrons. The molecule has 2 saturated heterocycles. The zero-order valence-electron chi connectivity index (χ0n) is 23.6. The number of piperidine rings is 1. The topological polar surface area (TPSA) is 157 Å². The van der Waals surface area contributed by atoms with Crippen molar-refractivity contribution in [3.63, 3.8) is 0 Å². The summed E-state index contributed by atoms with van der Waals surface area (Å²) in [7, 11) is 0. The molecule has 1 atom stereocenters. The summed E-state index contributed by atoms with van der Waals surface area (Å²) in [5.74, 6) is -1.23. The molecule has 224 valence electrons. The van der Waals surface area contributed by atoms with E-state index in [-0.39, 0.29) is 43.1 Å². The van der Waals surface area contributed by atoms with E-state index < -0.39 is 18.0 Å². The molecule has 4 N–H and O–H groups in total. The Hall–Kier alpha value is -4.45. The van der Waals surface area contributed by atoms with E-state index in [0.717, 1.165) is 11.1 Å². The van der Waals surface area contributed by atoms with Crippen LogP contribution >= 0.6 is 0 Å². The first kappa shape index (κ1) is 30.5. The number of likely N-dealkylation sites (tertiary alicyclic amines) is 1. The Kier molecular flexibility index (Phi) is 10.5. The van der Waals surface area contributed by atoms with Gasteiger partial charge in [-0.1, -0.05) is 24.3 Å². The lowest BCUT2D eigenvalue weighted by molar-refractivity contribution is -0.154. The standard InChI is InChI=1S/C30H37N5O7/c1-20(36)31-18-23-4-8-25(9-5-23)33-30(41)32-24-6-2-21(3-7-24)16-27(37)35-14-15-42-19-26(35)29(40)34-12-10-22(11-13-34)17-28(38)39/h2-9,22,26H,10-19H2,1H3,(H,31,36)(H,38,39)(H2,32,33,41)/t26-/m0/s1. The van der Waals surface area contributed by atoms with E-state index in [1.165, 1.54) is 6.92 Å². The van der Waals surface area contributed by atoms with E-state index in [2.05, 4.69) is 16.0 Å². The third-order valence-electron chi connectivity index (χ3n) is 7.44. The third kappa shape index (κ3) is 8.77. The molecule has 2 fully saturated rings. The monoisotopic (exact) mass is 579 g/mol. The Morgan fingerprint density at radius 3 is 2.05 bits per heavy atom. The van der Waals surface area contributed by atoms with E-state index in [4.69, 9.17) is 9.84 Å². The number of benzene rings is 2. The zero-order chi connectivity index (χ0) is 30.1. The maximum Gasteiger partial charge on any atom is 0.323 e. The number of urea groups is 1. The summed E-state index contributed by atoms with van der Waals surface area (Å²) in [4.78, 5) is 64.3. The summed E-state index contributed by atoms with van der Waals surface area (Å²) in [6, 6.07) is 12.9. The van der Waals surface area contributed by atoms with Crippen LogP contribution in [-0.4, -0.2) is 83.5 Å². The van der Waals surface area contributed by atoms with Crippen molar-refractivity contribution < 1.29 is 33.8 Å². The van der Waals surface area contributed by atoms with Crippen molar-refractivity contribution in [3.8, 4) is 0 Å². The largest absolute Gasteiger partial charge is 0.481 e. The van der Waals surface area contributed by atoms with Crippen LogP contribution in [0.25, 0.3) is 0 Å². The van der Waals surface area contributed by atoms with Crippen LogP contribution < -0.4 is 16.0 Å². The highest BCUT2D eigenvalue weighted by atomic mass is 16.5. The Morgan fingerprint density at radius 2 is 1.48 bits per heavy atom. The lowest BCUT2D eigenvalue weighted by Gasteiger charge is -2.39. The molecular weight excluding hydrogens is 542 g/mol. The van der Waals surface area contributed by atoms with Gasteiger partial charge in [0.25, 0.3) is 0 Å². The number of ether oxygens (including phenoxy) is 1. The van der Waals surface area contributed by atoms with Crippen LogP contribution in [0.5, 0.6) is 0 Å². The average molecular weight is 580 g/mol. The molecule has 0 aliphatic carbocycles. The van der Waals surface area contributed by atoms with Crippen LogP contribution in [0.2, 0.25) is 0 Å². The number of hydrogen-bond acceptors (Lipinski definition) is 6. The van der Waals surface area contributed by atoms with Crippen LogP contribution in [0, 0.1) is 5.92 Å². The second-order valence-electron chi connectivity index (χ2n) is 10.6. The van der Waals surface area contributed by atoms with E-state index >= 15 is 0 Å². The summed E-state index contributed by atoms with van der Waals surface area (Å²) in [6.45, 7) is 3.62. The normalized spacial score (nSPS) is 17.3. The molecule has 2 aliphatic heterocycles. The van der Waals surface area contributed by atoms with E-state index in [1.54, 1.807) is 46.2 Å². The van der Waals surface area contributed by atoms with Gasteiger partial charge in [0.1, 0.15) is 6.04 Å². The summed E-state index contributed by atoms with van der Waals surface area (Å²) in [6.07, 6.45) is 1.46. The van der Waals surface area contributed by atoms with Gasteiger partial charge in [0.2, 0.25) is 17.7 Å². The molecule has 2 heterocycles. The first-order chi connectivity index (χ1) is 20.2. The number of rotatable bonds is 9. The molecular formula is C30H37N5O7. The van der Waals surface area contributed by atoms with Gasteiger partial charge in [-0.3, -0.25) is 19.2 Å². The van der Waals surface area contributed by atoms with Crippen molar-refractivity contribution in [2.24, 2.45) is 5.92 Å². The molecule has 5 amide bonds. The number of carbonyl (C=O) groups excluding carboxylic acids is 4. The van der Waals surface area contributed by atoms with Crippen LogP contribution in [0.3, 0.4) is 0 Å². The molecule has 2 aromatic carbocycles. The average Bonchev–Trinajstić information content (AvgIpc) is 2.97. The Bertz CT molecular complexity index is 1270. The minimum atomic E-state index is -0.827. The Morgan fingerprint density at radius 1 is 0.881 bits per heavy atom. The SMILES string of the molecule is CC(=O)NCc1ccc(NC(=O)Nc2ccc(CC(=O)N3CCOC[C@H]3C(=O)N3CCC(CC(=O)O)CC3)cc2)cc1. The van der Waals surface area contributed by atoms with Gasteiger partial charge in [-0.2, -0.15) is 0 Å². The number of nitrogens with one attached hydrogen (secondary N) is 3. The van der Waals surface area contributed by atoms with Crippen LogP contribution in [0.1, 0.15) is 37.3 Å². The molecule has 0 unspecified atom stereocenters. The lowest BCUT2D eigenvalue weighted by atomic mass is 9.93. The van der Waals surface area contributed by atoms with Gasteiger partial charge in [-0.15, -0.1) is 0 Å². The number of aliphatic carboxylic acids is 1. The predicted octanol–water partition coefficient (Wildman–Crippen LogP) is 2.45. The second kappa shape index (κ2) is 14.4. The molecule has 42 heavy (non-hydrogen) atoms. The minimum absolute atomic E-state index is 0.0594. The molecule has 2 aromatic rings. The highest BCUT2D eigenvalue weighted by Crippen LogP contribution is 2.23. The van der Waals surface area contributed by atoms with Crippen molar-refractivity contribution in [2.75, 3.05) is 43.5 Å². The number of anilines is 2. The van der Waals surface area contributed by atoms with Gasteiger partial charge in [-0.25, -0.2) is 4.79 Å². The number of morpholine rings is 1. The molecule has 12 nitrogen and oxygen atoms in total. The van der Waals surface area contributed by atoms with Gasteiger partial charge in [0, 0.05) is 50.9 Å². The Balaban J connectivity index is 1.27. The predicted molar refractivity (Wildman–Crippen MR) is 155 cm³/mol. The molecule has 0 saturated carbocycles. The number of carbonyl (C=O) groups is 5.